The third-order valence-electron chi connectivity index (χ3n) is 3.72. The summed E-state index contributed by atoms with van der Waals surface area (Å²) in [5, 5.41) is 0.474. The third-order valence-corrected chi connectivity index (χ3v) is 4.15. The number of carbonyl (C=O) groups is 1. The number of aromatic nitrogens is 1. The standard InChI is InChI=1S/C16H13Cl2FN2O/c1-8(2)21-7-12-11(16(21)22)6-14(18)20-15(12)10-4-3-9(17)5-13(10)19/h3-6,8H,7H2,1-2H3. The predicted molar refractivity (Wildman–Crippen MR) is 84.7 cm³/mol. The second-order valence-corrected chi connectivity index (χ2v) is 6.29. The van der Waals surface area contributed by atoms with Crippen molar-refractivity contribution in [3.8, 4) is 11.3 Å². The van der Waals surface area contributed by atoms with Crippen LogP contribution >= 0.6 is 23.2 Å². The summed E-state index contributed by atoms with van der Waals surface area (Å²) in [5.41, 5.74) is 1.87. The molecular formula is C16H13Cl2FN2O. The van der Waals surface area contributed by atoms with Crippen molar-refractivity contribution in [2.24, 2.45) is 0 Å². The highest BCUT2D eigenvalue weighted by atomic mass is 35.5. The van der Waals surface area contributed by atoms with Crippen LogP contribution in [0.1, 0.15) is 29.8 Å². The van der Waals surface area contributed by atoms with Crippen LogP contribution in [0.25, 0.3) is 11.3 Å². The van der Waals surface area contributed by atoms with E-state index in [1.807, 2.05) is 13.8 Å². The Balaban J connectivity index is 2.20. The summed E-state index contributed by atoms with van der Waals surface area (Å²) in [6, 6.07) is 5.95. The molecule has 0 bridgehead atoms. The Labute approximate surface area is 137 Å². The molecule has 0 atom stereocenters. The van der Waals surface area contributed by atoms with Crippen molar-refractivity contribution in [3.05, 3.63) is 51.4 Å². The number of halogens is 3. The Morgan fingerprint density at radius 3 is 2.59 bits per heavy atom. The van der Waals surface area contributed by atoms with Crippen molar-refractivity contribution in [1.82, 2.24) is 9.88 Å². The lowest BCUT2D eigenvalue weighted by Crippen LogP contribution is -2.30. The maximum atomic E-state index is 14.2. The molecule has 22 heavy (non-hydrogen) atoms. The average molecular weight is 339 g/mol. The molecule has 0 radical (unpaired) electrons. The number of hydrogen-bond donors (Lipinski definition) is 0. The van der Waals surface area contributed by atoms with Gasteiger partial charge in [0.05, 0.1) is 5.69 Å². The van der Waals surface area contributed by atoms with Crippen LogP contribution < -0.4 is 0 Å². The molecule has 0 saturated heterocycles. The largest absolute Gasteiger partial charge is 0.332 e. The van der Waals surface area contributed by atoms with Crippen molar-refractivity contribution < 1.29 is 9.18 Å². The second-order valence-electron chi connectivity index (χ2n) is 5.47. The number of carbonyl (C=O) groups excluding carboxylic acids is 1. The average Bonchev–Trinajstić information content (AvgIpc) is 2.76. The summed E-state index contributed by atoms with van der Waals surface area (Å²) in [5.74, 6) is -0.593. The normalized spacial score (nSPS) is 13.9. The lowest BCUT2D eigenvalue weighted by molar-refractivity contribution is 0.0731. The molecule has 3 rings (SSSR count). The van der Waals surface area contributed by atoms with E-state index in [0.717, 1.165) is 0 Å². The first-order chi connectivity index (χ1) is 10.4. The second kappa shape index (κ2) is 5.52. The maximum Gasteiger partial charge on any atom is 0.254 e. The quantitative estimate of drug-likeness (QED) is 0.752. The van der Waals surface area contributed by atoms with Gasteiger partial charge in [0.1, 0.15) is 11.0 Å². The van der Waals surface area contributed by atoms with Crippen molar-refractivity contribution in [1.29, 1.82) is 0 Å². The molecule has 1 aliphatic rings. The molecule has 1 aliphatic heterocycles. The minimum absolute atomic E-state index is 0.0431. The van der Waals surface area contributed by atoms with E-state index in [0.29, 0.717) is 34.0 Å². The first-order valence-electron chi connectivity index (χ1n) is 6.84. The molecule has 1 aromatic heterocycles. The van der Waals surface area contributed by atoms with Gasteiger partial charge in [-0.3, -0.25) is 4.79 Å². The lowest BCUT2D eigenvalue weighted by Gasteiger charge is -2.20. The molecule has 2 aromatic rings. The van der Waals surface area contributed by atoms with Crippen LogP contribution in [0.15, 0.2) is 24.3 Å². The zero-order chi connectivity index (χ0) is 16.0. The molecule has 3 nitrogen and oxygen atoms in total. The number of hydrogen-bond acceptors (Lipinski definition) is 2. The molecule has 1 amide bonds. The van der Waals surface area contributed by atoms with E-state index in [4.69, 9.17) is 23.2 Å². The van der Waals surface area contributed by atoms with Crippen molar-refractivity contribution >= 4 is 29.1 Å². The smallest absolute Gasteiger partial charge is 0.254 e. The van der Waals surface area contributed by atoms with Crippen LogP contribution in [-0.2, 0) is 6.54 Å². The van der Waals surface area contributed by atoms with E-state index in [9.17, 15) is 9.18 Å². The molecule has 0 fully saturated rings. The highest BCUT2D eigenvalue weighted by molar-refractivity contribution is 6.31. The molecule has 0 N–H and O–H groups in total. The Bertz CT molecular complexity index is 777. The number of rotatable bonds is 2. The minimum Gasteiger partial charge on any atom is -0.332 e. The summed E-state index contributed by atoms with van der Waals surface area (Å²) in [7, 11) is 0. The summed E-state index contributed by atoms with van der Waals surface area (Å²) >= 11 is 11.8. The maximum absolute atomic E-state index is 14.2. The fourth-order valence-electron chi connectivity index (χ4n) is 2.61. The van der Waals surface area contributed by atoms with Crippen LogP contribution in [0.4, 0.5) is 4.39 Å². The van der Waals surface area contributed by atoms with Crippen LogP contribution in [0.5, 0.6) is 0 Å². The zero-order valence-electron chi connectivity index (χ0n) is 12.0. The molecule has 1 aromatic carbocycles. The molecule has 6 heteroatoms. The summed E-state index contributed by atoms with van der Waals surface area (Å²) in [6.45, 7) is 4.26. The SMILES string of the molecule is CC(C)N1Cc2c(cc(Cl)nc2-c2ccc(Cl)cc2F)C1=O. The number of benzene rings is 1. The van der Waals surface area contributed by atoms with Gasteiger partial charge in [-0.05, 0) is 38.1 Å². The van der Waals surface area contributed by atoms with Crippen LogP contribution in [0.3, 0.4) is 0 Å². The molecule has 0 spiro atoms. The van der Waals surface area contributed by atoms with Gasteiger partial charge < -0.3 is 4.90 Å². The van der Waals surface area contributed by atoms with Gasteiger partial charge in [-0.15, -0.1) is 0 Å². The first kappa shape index (κ1) is 15.3. The summed E-state index contributed by atoms with van der Waals surface area (Å²) in [6.07, 6.45) is 0. The van der Waals surface area contributed by atoms with Crippen LogP contribution in [0.2, 0.25) is 10.2 Å². The molecular weight excluding hydrogens is 326 g/mol. The van der Waals surface area contributed by atoms with E-state index in [1.54, 1.807) is 23.1 Å². The van der Waals surface area contributed by atoms with E-state index in [1.165, 1.54) is 6.07 Å². The molecule has 2 heterocycles. The predicted octanol–water partition coefficient (Wildman–Crippen LogP) is 4.56. The van der Waals surface area contributed by atoms with E-state index in [-0.39, 0.29) is 17.1 Å². The molecule has 0 saturated carbocycles. The Hall–Kier alpha value is -1.65. The Morgan fingerprint density at radius 1 is 1.23 bits per heavy atom. The van der Waals surface area contributed by atoms with Gasteiger partial charge in [-0.2, -0.15) is 0 Å². The number of fused-ring (bicyclic) bond motifs is 1. The Morgan fingerprint density at radius 2 is 1.95 bits per heavy atom. The third kappa shape index (κ3) is 2.46. The van der Waals surface area contributed by atoms with Gasteiger partial charge in [0.25, 0.3) is 5.91 Å². The number of amides is 1. The van der Waals surface area contributed by atoms with E-state index >= 15 is 0 Å². The molecule has 114 valence electrons. The lowest BCUT2D eigenvalue weighted by atomic mass is 10.0. The van der Waals surface area contributed by atoms with Gasteiger partial charge in [0, 0.05) is 34.3 Å². The van der Waals surface area contributed by atoms with Gasteiger partial charge in [0.15, 0.2) is 0 Å². The number of nitrogens with zero attached hydrogens (tertiary/aromatic N) is 2. The Kier molecular flexibility index (Phi) is 3.83. The highest BCUT2D eigenvalue weighted by Crippen LogP contribution is 2.35. The fourth-order valence-corrected chi connectivity index (χ4v) is 2.96. The monoisotopic (exact) mass is 338 g/mol. The summed E-state index contributed by atoms with van der Waals surface area (Å²) in [4.78, 5) is 18.4. The van der Waals surface area contributed by atoms with Crippen molar-refractivity contribution in [3.63, 3.8) is 0 Å². The zero-order valence-corrected chi connectivity index (χ0v) is 13.5. The van der Waals surface area contributed by atoms with Gasteiger partial charge in [-0.1, -0.05) is 23.2 Å². The fraction of sp³-hybridized carbons (Fsp3) is 0.250. The minimum atomic E-state index is -0.486. The molecule has 0 unspecified atom stereocenters. The first-order valence-corrected chi connectivity index (χ1v) is 7.60. The van der Waals surface area contributed by atoms with Crippen molar-refractivity contribution in [2.75, 3.05) is 0 Å². The molecule has 0 aliphatic carbocycles. The van der Waals surface area contributed by atoms with Crippen LogP contribution in [0, 0.1) is 5.82 Å². The van der Waals surface area contributed by atoms with E-state index in [2.05, 4.69) is 4.98 Å². The van der Waals surface area contributed by atoms with E-state index < -0.39 is 5.82 Å². The van der Waals surface area contributed by atoms with Crippen molar-refractivity contribution in [2.45, 2.75) is 26.4 Å². The van der Waals surface area contributed by atoms with Gasteiger partial charge in [0.2, 0.25) is 0 Å². The summed E-state index contributed by atoms with van der Waals surface area (Å²) < 4.78 is 14.2. The van der Waals surface area contributed by atoms with Gasteiger partial charge >= 0.3 is 0 Å². The number of pyridine rings is 1. The highest BCUT2D eigenvalue weighted by Gasteiger charge is 2.33. The topological polar surface area (TPSA) is 33.2 Å². The van der Waals surface area contributed by atoms with Crippen LogP contribution in [-0.4, -0.2) is 21.8 Å². The van der Waals surface area contributed by atoms with Gasteiger partial charge in [-0.25, -0.2) is 9.37 Å².